The monoisotopic (exact) mass is 315 g/mol. The number of rotatable bonds is 5. The van der Waals surface area contributed by atoms with E-state index >= 15 is 0 Å². The molecule has 0 amide bonds. The Kier molecular flexibility index (Phi) is 3.88. The van der Waals surface area contributed by atoms with Crippen molar-refractivity contribution in [1.82, 2.24) is 14.8 Å². The predicted molar refractivity (Wildman–Crippen MR) is 82.4 cm³/mol. The maximum Gasteiger partial charge on any atom is 0.338 e. The minimum absolute atomic E-state index is 0.173. The second kappa shape index (κ2) is 5.98. The number of ether oxygens (including phenoxy) is 1. The van der Waals surface area contributed by atoms with Gasteiger partial charge in [-0.2, -0.15) is 5.10 Å². The minimum atomic E-state index is -0.982. The van der Waals surface area contributed by atoms with Gasteiger partial charge in [0.05, 0.1) is 31.1 Å². The first-order chi connectivity index (χ1) is 10.7. The third-order valence-corrected chi connectivity index (χ3v) is 3.95. The average Bonchev–Trinajstić information content (AvgIpc) is 3.17. The van der Waals surface area contributed by atoms with Crippen LogP contribution < -0.4 is 4.74 Å². The van der Waals surface area contributed by atoms with Crippen LogP contribution in [0.1, 0.15) is 15.4 Å². The Morgan fingerprint density at radius 3 is 2.77 bits per heavy atom. The molecule has 2 aromatic heterocycles. The van der Waals surface area contributed by atoms with E-state index in [2.05, 4.69) is 10.1 Å². The molecule has 1 N–H and O–H groups in total. The number of carboxylic acids is 1. The van der Waals surface area contributed by atoms with E-state index in [1.807, 2.05) is 29.6 Å². The van der Waals surface area contributed by atoms with E-state index in [4.69, 9.17) is 9.84 Å². The Bertz CT molecular complexity index is 792. The molecule has 0 radical (unpaired) electrons. The van der Waals surface area contributed by atoms with E-state index in [9.17, 15) is 4.79 Å². The SMILES string of the molecule is COc1ccc(-c2csc(Cn3cc(C(=O)O)cn3)n2)cc1. The van der Waals surface area contributed by atoms with Crippen LogP contribution in [0.2, 0.25) is 0 Å². The van der Waals surface area contributed by atoms with E-state index in [0.29, 0.717) is 6.54 Å². The molecule has 0 bridgehead atoms. The Labute approximate surface area is 130 Å². The molecule has 0 saturated heterocycles. The number of carboxylic acid groups (broad SMARTS) is 1. The van der Waals surface area contributed by atoms with Crippen molar-refractivity contribution in [2.45, 2.75) is 6.54 Å². The van der Waals surface area contributed by atoms with Gasteiger partial charge in [-0.15, -0.1) is 11.3 Å². The molecule has 0 unspecified atom stereocenters. The lowest BCUT2D eigenvalue weighted by atomic mass is 10.2. The van der Waals surface area contributed by atoms with Gasteiger partial charge in [0.1, 0.15) is 10.8 Å². The lowest BCUT2D eigenvalue weighted by Crippen LogP contribution is -2.00. The summed E-state index contributed by atoms with van der Waals surface area (Å²) in [6, 6.07) is 7.68. The van der Waals surface area contributed by atoms with Gasteiger partial charge in [0.2, 0.25) is 0 Å². The van der Waals surface area contributed by atoms with Crippen LogP contribution in [-0.4, -0.2) is 33.0 Å². The van der Waals surface area contributed by atoms with Crippen LogP contribution in [0.3, 0.4) is 0 Å². The molecule has 6 nitrogen and oxygen atoms in total. The molecule has 3 aromatic rings. The third kappa shape index (κ3) is 2.99. The second-order valence-electron chi connectivity index (χ2n) is 4.59. The molecule has 0 aliphatic carbocycles. The summed E-state index contributed by atoms with van der Waals surface area (Å²) < 4.78 is 6.70. The van der Waals surface area contributed by atoms with Crippen LogP contribution in [0, 0.1) is 0 Å². The molecular weight excluding hydrogens is 302 g/mol. The topological polar surface area (TPSA) is 77.2 Å². The lowest BCUT2D eigenvalue weighted by Gasteiger charge is -2.00. The number of aromatic carboxylic acids is 1. The zero-order valence-electron chi connectivity index (χ0n) is 11.8. The van der Waals surface area contributed by atoms with Gasteiger partial charge >= 0.3 is 5.97 Å². The fourth-order valence-corrected chi connectivity index (χ4v) is 2.77. The van der Waals surface area contributed by atoms with Crippen molar-refractivity contribution < 1.29 is 14.6 Å². The van der Waals surface area contributed by atoms with Crippen LogP contribution in [0.5, 0.6) is 5.75 Å². The molecule has 2 heterocycles. The molecule has 0 spiro atoms. The molecule has 0 atom stereocenters. The summed E-state index contributed by atoms with van der Waals surface area (Å²) in [5, 5.41) is 15.7. The maximum atomic E-state index is 10.8. The number of hydrogen-bond donors (Lipinski definition) is 1. The van der Waals surface area contributed by atoms with Crippen LogP contribution in [0.4, 0.5) is 0 Å². The fourth-order valence-electron chi connectivity index (χ4n) is 1.98. The smallest absolute Gasteiger partial charge is 0.338 e. The summed E-state index contributed by atoms with van der Waals surface area (Å²) in [5.41, 5.74) is 2.06. The first-order valence-electron chi connectivity index (χ1n) is 6.50. The van der Waals surface area contributed by atoms with Crippen LogP contribution in [0.25, 0.3) is 11.3 Å². The molecule has 0 fully saturated rings. The summed E-state index contributed by atoms with van der Waals surface area (Å²) in [6.07, 6.45) is 2.83. The molecule has 22 heavy (non-hydrogen) atoms. The molecule has 0 aliphatic rings. The highest BCUT2D eigenvalue weighted by molar-refractivity contribution is 7.09. The van der Waals surface area contributed by atoms with Crippen LogP contribution in [-0.2, 0) is 6.54 Å². The Hall–Kier alpha value is -2.67. The average molecular weight is 315 g/mol. The van der Waals surface area contributed by atoms with Crippen LogP contribution >= 0.6 is 11.3 Å². The summed E-state index contributed by atoms with van der Waals surface area (Å²) in [4.78, 5) is 15.4. The summed E-state index contributed by atoms with van der Waals surface area (Å²) >= 11 is 1.52. The quantitative estimate of drug-likeness (QED) is 0.783. The minimum Gasteiger partial charge on any atom is -0.497 e. The number of benzene rings is 1. The Morgan fingerprint density at radius 1 is 1.36 bits per heavy atom. The van der Waals surface area contributed by atoms with Crippen molar-refractivity contribution in [3.63, 3.8) is 0 Å². The number of carbonyl (C=O) groups is 1. The molecular formula is C15H13N3O3S. The molecule has 1 aromatic carbocycles. The molecule has 0 saturated carbocycles. The molecule has 7 heteroatoms. The highest BCUT2D eigenvalue weighted by atomic mass is 32.1. The van der Waals surface area contributed by atoms with Crippen molar-refractivity contribution in [3.05, 3.63) is 52.6 Å². The standard InChI is InChI=1S/C15H13N3O3S/c1-21-12-4-2-10(3-5-12)13-9-22-14(17-13)8-18-7-11(6-16-18)15(19)20/h2-7,9H,8H2,1H3,(H,19,20). The summed E-state index contributed by atoms with van der Waals surface area (Å²) in [5.74, 6) is -0.179. The number of nitrogens with zero attached hydrogens (tertiary/aromatic N) is 3. The zero-order chi connectivity index (χ0) is 15.5. The van der Waals surface area contributed by atoms with Gasteiger partial charge in [-0.3, -0.25) is 4.68 Å². The van der Waals surface area contributed by atoms with Gasteiger partial charge in [0.25, 0.3) is 0 Å². The predicted octanol–water partition coefficient (Wildman–Crippen LogP) is 2.76. The van der Waals surface area contributed by atoms with E-state index < -0.39 is 5.97 Å². The van der Waals surface area contributed by atoms with Gasteiger partial charge < -0.3 is 9.84 Å². The van der Waals surface area contributed by atoms with Crippen molar-refractivity contribution in [1.29, 1.82) is 0 Å². The fraction of sp³-hybridized carbons (Fsp3) is 0.133. The summed E-state index contributed by atoms with van der Waals surface area (Å²) in [6.45, 7) is 0.452. The van der Waals surface area contributed by atoms with Crippen LogP contribution in [0.15, 0.2) is 42.0 Å². The normalized spacial score (nSPS) is 10.6. The maximum absolute atomic E-state index is 10.8. The number of thiazole rings is 1. The Balaban J connectivity index is 1.76. The third-order valence-electron chi connectivity index (χ3n) is 3.11. The van der Waals surface area contributed by atoms with Gasteiger partial charge in [-0.25, -0.2) is 9.78 Å². The molecule has 112 valence electrons. The summed E-state index contributed by atoms with van der Waals surface area (Å²) in [7, 11) is 1.63. The van der Waals surface area contributed by atoms with E-state index in [0.717, 1.165) is 22.0 Å². The van der Waals surface area contributed by atoms with Gasteiger partial charge in [0, 0.05) is 17.1 Å². The first kappa shape index (κ1) is 14.3. The highest BCUT2D eigenvalue weighted by Crippen LogP contribution is 2.24. The van der Waals surface area contributed by atoms with Crippen molar-refractivity contribution >= 4 is 17.3 Å². The molecule has 0 aliphatic heterocycles. The number of aromatic nitrogens is 3. The molecule has 3 rings (SSSR count). The van der Waals surface area contributed by atoms with E-state index in [-0.39, 0.29) is 5.56 Å². The van der Waals surface area contributed by atoms with E-state index in [1.54, 1.807) is 11.8 Å². The van der Waals surface area contributed by atoms with Crippen molar-refractivity contribution in [2.24, 2.45) is 0 Å². The first-order valence-corrected chi connectivity index (χ1v) is 7.38. The van der Waals surface area contributed by atoms with E-state index in [1.165, 1.54) is 23.7 Å². The highest BCUT2D eigenvalue weighted by Gasteiger charge is 2.09. The van der Waals surface area contributed by atoms with Crippen molar-refractivity contribution in [2.75, 3.05) is 7.11 Å². The number of methoxy groups -OCH3 is 1. The van der Waals surface area contributed by atoms with Gasteiger partial charge in [-0.05, 0) is 24.3 Å². The zero-order valence-corrected chi connectivity index (χ0v) is 12.6. The Morgan fingerprint density at radius 2 is 2.14 bits per heavy atom. The lowest BCUT2D eigenvalue weighted by molar-refractivity contribution is 0.0697. The van der Waals surface area contributed by atoms with Gasteiger partial charge in [-0.1, -0.05) is 0 Å². The largest absolute Gasteiger partial charge is 0.497 e. The second-order valence-corrected chi connectivity index (χ2v) is 5.53. The van der Waals surface area contributed by atoms with Gasteiger partial charge in [0.15, 0.2) is 0 Å². The number of hydrogen-bond acceptors (Lipinski definition) is 5. The van der Waals surface area contributed by atoms with Crippen molar-refractivity contribution in [3.8, 4) is 17.0 Å².